The van der Waals surface area contributed by atoms with Crippen molar-refractivity contribution in [2.45, 2.75) is 0 Å². The van der Waals surface area contributed by atoms with Gasteiger partial charge in [-0.1, -0.05) is 97.1 Å². The van der Waals surface area contributed by atoms with Crippen LogP contribution in [0.15, 0.2) is 103 Å². The Morgan fingerprint density at radius 1 is 0.462 bits per heavy atom. The van der Waals surface area contributed by atoms with Crippen molar-refractivity contribution in [2.75, 3.05) is 7.11 Å². The number of benzene rings is 4. The third-order valence-electron chi connectivity index (χ3n) is 4.60. The second-order valence-electron chi connectivity index (χ2n) is 6.16. The number of ether oxygens (including phenoxy) is 1. The van der Waals surface area contributed by atoms with Crippen LogP contribution in [0.2, 0.25) is 0 Å². The Morgan fingerprint density at radius 2 is 0.923 bits per heavy atom. The Labute approximate surface area is 154 Å². The molecule has 4 aromatic rings. The van der Waals surface area contributed by atoms with Crippen LogP contribution in [-0.2, 0) is 0 Å². The second kappa shape index (κ2) is 7.28. The largest absolute Gasteiger partial charge is 0.496 e. The molecule has 0 N–H and O–H groups in total. The van der Waals surface area contributed by atoms with Crippen LogP contribution in [-0.4, -0.2) is 7.11 Å². The van der Waals surface area contributed by atoms with Gasteiger partial charge in [0, 0.05) is 11.1 Å². The summed E-state index contributed by atoms with van der Waals surface area (Å²) in [5.41, 5.74) is 7.07. The first-order valence-corrected chi connectivity index (χ1v) is 8.76. The molecule has 0 saturated heterocycles. The Balaban J connectivity index is 2.09. The van der Waals surface area contributed by atoms with E-state index in [0.717, 1.165) is 16.9 Å². The lowest BCUT2D eigenvalue weighted by molar-refractivity contribution is 0.416. The molecule has 1 nitrogen and oxygen atoms in total. The van der Waals surface area contributed by atoms with Gasteiger partial charge in [0.2, 0.25) is 0 Å². The molecule has 0 unspecified atom stereocenters. The molecule has 0 amide bonds. The Morgan fingerprint density at radius 3 is 1.42 bits per heavy atom. The summed E-state index contributed by atoms with van der Waals surface area (Å²) >= 11 is 0. The molecule has 1 heteroatoms. The van der Waals surface area contributed by atoms with E-state index < -0.39 is 0 Å². The van der Waals surface area contributed by atoms with E-state index in [4.69, 9.17) is 4.74 Å². The molecule has 0 aromatic heterocycles. The number of hydrogen-bond donors (Lipinski definition) is 0. The van der Waals surface area contributed by atoms with Gasteiger partial charge < -0.3 is 4.74 Å². The molecule has 26 heavy (non-hydrogen) atoms. The van der Waals surface area contributed by atoms with E-state index in [-0.39, 0.29) is 0 Å². The normalized spacial score (nSPS) is 10.5. The maximum Gasteiger partial charge on any atom is 0.127 e. The average Bonchev–Trinajstić information content (AvgIpc) is 2.74. The van der Waals surface area contributed by atoms with Crippen LogP contribution < -0.4 is 4.74 Å². The van der Waals surface area contributed by atoms with Gasteiger partial charge in [0.15, 0.2) is 0 Å². The zero-order valence-electron chi connectivity index (χ0n) is 14.7. The molecule has 0 bridgehead atoms. The molecule has 4 aromatic carbocycles. The highest BCUT2D eigenvalue weighted by atomic mass is 16.5. The summed E-state index contributed by atoms with van der Waals surface area (Å²) < 4.78 is 5.75. The fourth-order valence-electron chi connectivity index (χ4n) is 3.41. The molecule has 0 atom stereocenters. The number of methoxy groups -OCH3 is 1. The maximum atomic E-state index is 5.75. The highest BCUT2D eigenvalue weighted by Crippen LogP contribution is 2.44. The molecule has 4 rings (SSSR count). The van der Waals surface area contributed by atoms with Crippen LogP contribution in [0.3, 0.4) is 0 Å². The van der Waals surface area contributed by atoms with Crippen molar-refractivity contribution in [1.29, 1.82) is 0 Å². The third kappa shape index (κ3) is 3.00. The molecule has 0 heterocycles. The molecular weight excluding hydrogens is 316 g/mol. The van der Waals surface area contributed by atoms with E-state index in [9.17, 15) is 0 Å². The van der Waals surface area contributed by atoms with Gasteiger partial charge in [0.05, 0.1) is 7.11 Å². The molecule has 0 fully saturated rings. The molecule has 0 aliphatic heterocycles. The Kier molecular flexibility index (Phi) is 4.53. The van der Waals surface area contributed by atoms with Gasteiger partial charge in [-0.15, -0.1) is 0 Å². The smallest absolute Gasteiger partial charge is 0.127 e. The first-order chi connectivity index (χ1) is 12.9. The van der Waals surface area contributed by atoms with Crippen molar-refractivity contribution in [3.63, 3.8) is 0 Å². The topological polar surface area (TPSA) is 9.23 Å². The summed E-state index contributed by atoms with van der Waals surface area (Å²) in [7, 11) is 1.73. The van der Waals surface area contributed by atoms with Crippen LogP contribution in [0.25, 0.3) is 33.4 Å². The first-order valence-electron chi connectivity index (χ1n) is 8.76. The van der Waals surface area contributed by atoms with Gasteiger partial charge in [0.1, 0.15) is 5.75 Å². The minimum atomic E-state index is 0.884. The van der Waals surface area contributed by atoms with Gasteiger partial charge in [-0.25, -0.2) is 0 Å². The quantitative estimate of drug-likeness (QED) is 0.403. The third-order valence-corrected chi connectivity index (χ3v) is 4.60. The highest BCUT2D eigenvalue weighted by molar-refractivity contribution is 5.97. The summed E-state index contributed by atoms with van der Waals surface area (Å²) in [5.74, 6) is 0.884. The molecule has 0 aliphatic carbocycles. The van der Waals surface area contributed by atoms with Crippen LogP contribution in [0.5, 0.6) is 5.75 Å². The summed E-state index contributed by atoms with van der Waals surface area (Å²) in [6, 6.07) is 35.7. The van der Waals surface area contributed by atoms with Crippen molar-refractivity contribution < 1.29 is 4.74 Å². The first kappa shape index (κ1) is 16.2. The molecule has 0 saturated carbocycles. The van der Waals surface area contributed by atoms with Crippen LogP contribution in [0.1, 0.15) is 0 Å². The van der Waals surface area contributed by atoms with Gasteiger partial charge >= 0.3 is 0 Å². The van der Waals surface area contributed by atoms with E-state index >= 15 is 0 Å². The van der Waals surface area contributed by atoms with E-state index in [2.05, 4.69) is 84.9 Å². The van der Waals surface area contributed by atoms with E-state index in [0.29, 0.717) is 0 Å². The monoisotopic (exact) mass is 336 g/mol. The maximum absolute atomic E-state index is 5.75. The van der Waals surface area contributed by atoms with E-state index in [1.54, 1.807) is 7.11 Å². The van der Waals surface area contributed by atoms with Crippen molar-refractivity contribution in [3.05, 3.63) is 103 Å². The van der Waals surface area contributed by atoms with Gasteiger partial charge in [-0.05, 0) is 28.3 Å². The van der Waals surface area contributed by atoms with Crippen LogP contribution in [0, 0.1) is 0 Å². The van der Waals surface area contributed by atoms with Crippen molar-refractivity contribution >= 4 is 0 Å². The van der Waals surface area contributed by atoms with Crippen LogP contribution >= 0.6 is 0 Å². The fraction of sp³-hybridized carbons (Fsp3) is 0.0400. The highest BCUT2D eigenvalue weighted by Gasteiger charge is 2.18. The Hall–Kier alpha value is -3.32. The lowest BCUT2D eigenvalue weighted by Crippen LogP contribution is -1.95. The van der Waals surface area contributed by atoms with Gasteiger partial charge in [-0.2, -0.15) is 0 Å². The standard InChI is InChI=1S/C25H20O/c1-26-23-18-17-22(19-11-5-2-6-12-19)24(20-13-7-3-8-14-20)25(23)21-15-9-4-10-16-21/h2-18H,1H3. The van der Waals surface area contributed by atoms with Gasteiger partial charge in [-0.3, -0.25) is 0 Å². The SMILES string of the molecule is COc1ccc(-c2ccccc2)c(-c2ccccc2)c1-c1ccccc1. The Bertz CT molecular complexity index is 990. The van der Waals surface area contributed by atoms with E-state index in [1.807, 2.05) is 18.2 Å². The molecule has 0 aliphatic rings. The number of rotatable bonds is 4. The lowest BCUT2D eigenvalue weighted by atomic mass is 9.87. The van der Waals surface area contributed by atoms with Gasteiger partial charge in [0.25, 0.3) is 0 Å². The minimum Gasteiger partial charge on any atom is -0.496 e. The van der Waals surface area contributed by atoms with Crippen molar-refractivity contribution in [1.82, 2.24) is 0 Å². The summed E-state index contributed by atoms with van der Waals surface area (Å²) in [4.78, 5) is 0. The summed E-state index contributed by atoms with van der Waals surface area (Å²) in [5, 5.41) is 0. The van der Waals surface area contributed by atoms with Crippen molar-refractivity contribution in [3.8, 4) is 39.1 Å². The summed E-state index contributed by atoms with van der Waals surface area (Å²) in [6.45, 7) is 0. The molecule has 0 radical (unpaired) electrons. The minimum absolute atomic E-state index is 0.884. The zero-order valence-corrected chi connectivity index (χ0v) is 14.7. The van der Waals surface area contributed by atoms with Crippen LogP contribution in [0.4, 0.5) is 0 Å². The molecule has 126 valence electrons. The fourth-order valence-corrected chi connectivity index (χ4v) is 3.41. The predicted molar refractivity (Wildman–Crippen MR) is 109 cm³/mol. The lowest BCUT2D eigenvalue weighted by Gasteiger charge is -2.19. The predicted octanol–water partition coefficient (Wildman–Crippen LogP) is 6.70. The average molecular weight is 336 g/mol. The zero-order chi connectivity index (χ0) is 17.8. The summed E-state index contributed by atoms with van der Waals surface area (Å²) in [6.07, 6.45) is 0. The second-order valence-corrected chi connectivity index (χ2v) is 6.16. The molecular formula is C25H20O. The van der Waals surface area contributed by atoms with Crippen molar-refractivity contribution in [2.24, 2.45) is 0 Å². The number of hydrogen-bond acceptors (Lipinski definition) is 1. The molecule has 0 spiro atoms. The van der Waals surface area contributed by atoms with E-state index in [1.165, 1.54) is 22.3 Å².